The van der Waals surface area contributed by atoms with Gasteiger partial charge >= 0.3 is 0 Å². The molecule has 184 valence electrons. The molecule has 1 aromatic heterocycles. The molecule has 0 unspecified atom stereocenters. The highest BCUT2D eigenvalue weighted by Crippen LogP contribution is 2.27. The molecule has 1 heterocycles. The molecule has 0 aliphatic heterocycles. The normalized spacial score (nSPS) is 11.3. The Morgan fingerprint density at radius 1 is 1.14 bits per heavy atom. The van der Waals surface area contributed by atoms with E-state index in [0.29, 0.717) is 38.9 Å². The van der Waals surface area contributed by atoms with Crippen molar-refractivity contribution < 1.29 is 9.66 Å². The van der Waals surface area contributed by atoms with Gasteiger partial charge < -0.3 is 4.74 Å². The van der Waals surface area contributed by atoms with Crippen LogP contribution in [0, 0.1) is 10.1 Å². The maximum Gasteiger partial charge on any atom is 0.282 e. The molecule has 0 fully saturated rings. The first-order chi connectivity index (χ1) is 17.4. The first-order valence-electron chi connectivity index (χ1n) is 11.3. The molecule has 0 spiro atoms. The number of unbranched alkanes of at least 4 members (excludes halogenated alkanes) is 1. The van der Waals surface area contributed by atoms with E-state index in [0.717, 1.165) is 22.9 Å². The van der Waals surface area contributed by atoms with Crippen molar-refractivity contribution in [1.82, 2.24) is 9.66 Å². The van der Waals surface area contributed by atoms with Crippen molar-refractivity contribution in [1.29, 1.82) is 0 Å². The van der Waals surface area contributed by atoms with Crippen LogP contribution in [-0.4, -0.2) is 20.8 Å². The lowest BCUT2D eigenvalue weighted by atomic mass is 10.2. The number of nitro groups is 1. The summed E-state index contributed by atoms with van der Waals surface area (Å²) < 4.78 is 8.69. The van der Waals surface area contributed by atoms with Crippen LogP contribution >= 0.6 is 31.9 Å². The van der Waals surface area contributed by atoms with Crippen molar-refractivity contribution in [2.45, 2.75) is 32.8 Å². The number of nitrogens with zero attached hydrogens (tertiary/aromatic N) is 4. The van der Waals surface area contributed by atoms with Gasteiger partial charge in [-0.25, -0.2) is 4.98 Å². The Labute approximate surface area is 224 Å². The quantitative estimate of drug-likeness (QED) is 0.120. The van der Waals surface area contributed by atoms with E-state index in [1.807, 2.05) is 24.3 Å². The fourth-order valence-electron chi connectivity index (χ4n) is 3.57. The van der Waals surface area contributed by atoms with Gasteiger partial charge in [0.05, 0.1) is 26.5 Å². The Kier molecular flexibility index (Phi) is 8.27. The van der Waals surface area contributed by atoms with E-state index in [9.17, 15) is 14.9 Å². The minimum absolute atomic E-state index is 0.0193. The summed E-state index contributed by atoms with van der Waals surface area (Å²) in [5, 5.41) is 15.9. The highest BCUT2D eigenvalue weighted by molar-refractivity contribution is 9.10. The number of benzene rings is 3. The number of nitro benzene ring substituents is 1. The van der Waals surface area contributed by atoms with Gasteiger partial charge in [0.1, 0.15) is 18.2 Å². The topological polar surface area (TPSA) is 99.6 Å². The van der Waals surface area contributed by atoms with Crippen molar-refractivity contribution in [2.75, 3.05) is 0 Å². The molecular formula is C26H22Br2N4O4. The van der Waals surface area contributed by atoms with Crippen molar-refractivity contribution in [2.24, 2.45) is 5.10 Å². The minimum atomic E-state index is -0.434. The summed E-state index contributed by atoms with van der Waals surface area (Å²) in [6.45, 7) is 2.27. The third kappa shape index (κ3) is 6.06. The average molecular weight is 614 g/mol. The predicted molar refractivity (Wildman–Crippen MR) is 147 cm³/mol. The summed E-state index contributed by atoms with van der Waals surface area (Å²) in [7, 11) is 0. The second-order valence-corrected chi connectivity index (χ2v) is 9.83. The van der Waals surface area contributed by atoms with Crippen LogP contribution in [0.5, 0.6) is 5.75 Å². The third-order valence-corrected chi connectivity index (χ3v) is 6.54. The average Bonchev–Trinajstić information content (AvgIpc) is 2.87. The fourth-order valence-corrected chi connectivity index (χ4v) is 4.44. The summed E-state index contributed by atoms with van der Waals surface area (Å²) in [6.07, 6.45) is 4.12. The number of fused-ring (bicyclic) bond motifs is 1. The number of ether oxygens (including phenoxy) is 1. The first-order valence-corrected chi connectivity index (χ1v) is 12.9. The molecule has 0 amide bonds. The van der Waals surface area contributed by atoms with Crippen molar-refractivity contribution in [3.63, 3.8) is 0 Å². The van der Waals surface area contributed by atoms with Gasteiger partial charge in [0.15, 0.2) is 0 Å². The van der Waals surface area contributed by atoms with Gasteiger partial charge in [0.25, 0.3) is 11.2 Å². The zero-order chi connectivity index (χ0) is 25.7. The number of hydrogen-bond acceptors (Lipinski definition) is 6. The first kappa shape index (κ1) is 25.7. The summed E-state index contributed by atoms with van der Waals surface area (Å²) in [5.41, 5.74) is 1.89. The van der Waals surface area contributed by atoms with E-state index in [4.69, 9.17) is 4.74 Å². The Morgan fingerprint density at radius 2 is 1.97 bits per heavy atom. The monoisotopic (exact) mass is 612 g/mol. The maximum absolute atomic E-state index is 13.2. The molecule has 3 aromatic carbocycles. The molecule has 4 rings (SSSR count). The van der Waals surface area contributed by atoms with Gasteiger partial charge in [0.2, 0.25) is 0 Å². The van der Waals surface area contributed by atoms with Crippen molar-refractivity contribution >= 4 is 54.7 Å². The highest BCUT2D eigenvalue weighted by atomic mass is 79.9. The Morgan fingerprint density at radius 3 is 2.72 bits per heavy atom. The molecule has 0 radical (unpaired) electrons. The standard InChI is InChI=1S/C26H22Br2N4O4/c1-2-3-7-25-30-23-10-9-19(27)14-21(23)26(33)31(25)29-15-17-8-11-24(22(28)13-17)36-16-18-5-4-6-20(12-18)32(34)35/h4-6,8-15H,2-3,7,16H2,1H3. The van der Waals surface area contributed by atoms with E-state index in [1.54, 1.807) is 30.5 Å². The third-order valence-electron chi connectivity index (χ3n) is 5.42. The van der Waals surface area contributed by atoms with Gasteiger partial charge in [-0.2, -0.15) is 9.78 Å². The maximum atomic E-state index is 13.2. The largest absolute Gasteiger partial charge is 0.488 e. The molecule has 0 N–H and O–H groups in total. The zero-order valence-electron chi connectivity index (χ0n) is 19.4. The molecule has 0 atom stereocenters. The van der Waals surface area contributed by atoms with Gasteiger partial charge in [-0.1, -0.05) is 41.4 Å². The van der Waals surface area contributed by atoms with Gasteiger partial charge in [-0.3, -0.25) is 14.9 Å². The number of aromatic nitrogens is 2. The summed E-state index contributed by atoms with van der Waals surface area (Å²) in [6, 6.07) is 17.2. The smallest absolute Gasteiger partial charge is 0.282 e. The van der Waals surface area contributed by atoms with Gasteiger partial charge in [-0.15, -0.1) is 0 Å². The number of rotatable bonds is 9. The van der Waals surface area contributed by atoms with Gasteiger partial charge in [-0.05, 0) is 69.9 Å². The van der Waals surface area contributed by atoms with Crippen LogP contribution in [0.25, 0.3) is 10.9 Å². The van der Waals surface area contributed by atoms with E-state index >= 15 is 0 Å². The molecule has 0 aliphatic rings. The molecule has 0 saturated carbocycles. The van der Waals surface area contributed by atoms with Gasteiger partial charge in [0, 0.05) is 23.0 Å². The molecule has 0 aliphatic carbocycles. The Balaban J connectivity index is 1.57. The lowest BCUT2D eigenvalue weighted by Crippen LogP contribution is -2.22. The van der Waals surface area contributed by atoms with Crippen molar-refractivity contribution in [3.8, 4) is 5.75 Å². The number of halogens is 2. The van der Waals surface area contributed by atoms with Crippen LogP contribution in [0.2, 0.25) is 0 Å². The zero-order valence-corrected chi connectivity index (χ0v) is 22.5. The van der Waals surface area contributed by atoms with E-state index in [1.165, 1.54) is 16.8 Å². The van der Waals surface area contributed by atoms with E-state index < -0.39 is 4.92 Å². The molecular weight excluding hydrogens is 592 g/mol. The number of hydrogen-bond donors (Lipinski definition) is 0. The second kappa shape index (κ2) is 11.6. The molecule has 0 bridgehead atoms. The lowest BCUT2D eigenvalue weighted by Gasteiger charge is -2.10. The predicted octanol–water partition coefficient (Wildman–Crippen LogP) is 6.63. The fraction of sp³-hybridized carbons (Fsp3) is 0.192. The Bertz CT molecular complexity index is 1520. The molecule has 0 saturated heterocycles. The molecule has 10 heteroatoms. The SMILES string of the molecule is CCCCc1nc2ccc(Br)cc2c(=O)n1N=Cc1ccc(OCc2cccc([N+](=O)[O-])c2)c(Br)c1. The summed E-state index contributed by atoms with van der Waals surface area (Å²) in [4.78, 5) is 28.4. The van der Waals surface area contributed by atoms with Crippen LogP contribution in [-0.2, 0) is 13.0 Å². The summed E-state index contributed by atoms with van der Waals surface area (Å²) in [5.74, 6) is 1.19. The minimum Gasteiger partial charge on any atom is -0.488 e. The van der Waals surface area contributed by atoms with E-state index in [-0.39, 0.29) is 17.9 Å². The number of aryl methyl sites for hydroxylation is 1. The van der Waals surface area contributed by atoms with Crippen LogP contribution in [0.3, 0.4) is 0 Å². The van der Waals surface area contributed by atoms with Crippen LogP contribution in [0.4, 0.5) is 5.69 Å². The number of non-ortho nitro benzene ring substituents is 1. The molecule has 36 heavy (non-hydrogen) atoms. The van der Waals surface area contributed by atoms with Crippen LogP contribution in [0.15, 0.2) is 79.5 Å². The van der Waals surface area contributed by atoms with E-state index in [2.05, 4.69) is 48.9 Å². The molecule has 8 nitrogen and oxygen atoms in total. The van der Waals surface area contributed by atoms with Crippen LogP contribution < -0.4 is 10.3 Å². The molecule has 4 aromatic rings. The van der Waals surface area contributed by atoms with Crippen molar-refractivity contribution in [3.05, 3.63) is 107 Å². The Hall–Kier alpha value is -3.37. The second-order valence-electron chi connectivity index (χ2n) is 8.06. The van der Waals surface area contributed by atoms with Crippen LogP contribution in [0.1, 0.15) is 36.7 Å². The lowest BCUT2D eigenvalue weighted by molar-refractivity contribution is -0.384. The summed E-state index contributed by atoms with van der Waals surface area (Å²) >= 11 is 6.93. The highest BCUT2D eigenvalue weighted by Gasteiger charge is 2.11.